The zero-order valence-electron chi connectivity index (χ0n) is 74.7. The molecule has 686 valence electrons. The molecule has 5 heterocycles. The van der Waals surface area contributed by atoms with E-state index in [1.807, 2.05) is 84.9 Å². The predicted molar refractivity (Wildman–Crippen MR) is 510 cm³/mol. The van der Waals surface area contributed by atoms with Gasteiger partial charge in [-0.15, -0.1) is 0 Å². The first-order chi connectivity index (χ1) is 66.5. The van der Waals surface area contributed by atoms with Gasteiger partial charge in [0.25, 0.3) is 0 Å². The first-order valence-corrected chi connectivity index (χ1v) is 46.3. The van der Waals surface area contributed by atoms with E-state index in [1.54, 1.807) is 146 Å². The number of unbranched alkanes of at least 4 members (excludes halogenated alkanes) is 12. The van der Waals surface area contributed by atoms with Crippen molar-refractivity contribution in [2.75, 3.05) is 52.9 Å². The number of esters is 4. The Bertz CT molecular complexity index is 6370. The second kappa shape index (κ2) is 43.3. The molecular weight excluding hydrogens is 1720 g/mol. The number of benzene rings is 8. The number of Topliss-reactive ketones (excluding diaryl/α,β-unsaturated/α-hetero) is 4. The summed E-state index contributed by atoms with van der Waals surface area (Å²) in [6, 6.07) is 63.7. The lowest BCUT2D eigenvalue weighted by atomic mass is 9.88. The number of hydrogen-bond acceptors (Lipinski definition) is 22. The molecule has 136 heavy (non-hydrogen) atoms. The van der Waals surface area contributed by atoms with Crippen LogP contribution in [0, 0.1) is 0 Å². The number of nitrogens with one attached hydrogen (secondary N) is 2. The Morgan fingerprint density at radius 1 is 0.265 bits per heavy atom. The van der Waals surface area contributed by atoms with E-state index in [0.717, 1.165) is 85.0 Å². The number of aromatic nitrogens is 2. The van der Waals surface area contributed by atoms with Crippen molar-refractivity contribution in [2.45, 2.75) is 127 Å². The van der Waals surface area contributed by atoms with Gasteiger partial charge in [0.15, 0.2) is 0 Å². The number of aromatic amines is 2. The molecule has 0 saturated carbocycles. The second-order valence-electron chi connectivity index (χ2n) is 34.1. The zero-order valence-corrected chi connectivity index (χ0v) is 74.7. The Labute approximate surface area is 784 Å². The average molecular weight is 1820 g/mol. The number of ketones is 8. The second-order valence-corrected chi connectivity index (χ2v) is 34.1. The van der Waals surface area contributed by atoms with Crippen molar-refractivity contribution in [3.05, 3.63) is 378 Å². The van der Waals surface area contributed by atoms with Crippen LogP contribution in [-0.2, 0) is 57.1 Å². The minimum absolute atomic E-state index is 0.178. The summed E-state index contributed by atoms with van der Waals surface area (Å²) < 4.78 is 47.3. The van der Waals surface area contributed by atoms with Crippen LogP contribution in [0.2, 0.25) is 0 Å². The quantitative estimate of drug-likeness (QED) is 0.0156. The first kappa shape index (κ1) is 92.1. The fraction of sp³-hybridized carbons (Fsp3) is 0.250. The van der Waals surface area contributed by atoms with Gasteiger partial charge in [-0.2, -0.15) is 0 Å². The number of carbonyl (C=O) groups excluding carboxylic acids is 12. The summed E-state index contributed by atoms with van der Waals surface area (Å²) in [5, 5.41) is 1.35. The van der Waals surface area contributed by atoms with Crippen molar-refractivity contribution >= 4 is 116 Å². The molecule has 0 spiro atoms. The molecular formula is C112H98N4O20. The van der Waals surface area contributed by atoms with Crippen LogP contribution in [0.5, 0.6) is 0 Å². The Morgan fingerprint density at radius 2 is 0.515 bits per heavy atom. The molecule has 2 N–H and O–H groups in total. The van der Waals surface area contributed by atoms with Crippen LogP contribution in [-0.4, -0.2) is 156 Å². The molecule has 24 heteroatoms. The fourth-order valence-electron chi connectivity index (χ4n) is 17.8. The van der Waals surface area contributed by atoms with Crippen LogP contribution < -0.4 is 10.7 Å². The number of hydrogen-bond donors (Lipinski definition) is 2. The largest absolute Gasteiger partial charge is 0.493 e. The maximum Gasteiger partial charge on any atom is 0.338 e. The summed E-state index contributed by atoms with van der Waals surface area (Å²) in [4.78, 5) is 174. The number of aliphatic imine (C=N–C) groups is 2. The van der Waals surface area contributed by atoms with E-state index in [4.69, 9.17) is 47.9 Å². The summed E-state index contributed by atoms with van der Waals surface area (Å²) in [7, 11) is 0. The van der Waals surface area contributed by atoms with Gasteiger partial charge in [0.2, 0.25) is 46.3 Å². The van der Waals surface area contributed by atoms with Gasteiger partial charge in [-0.1, -0.05) is 158 Å². The highest BCUT2D eigenvalue weighted by molar-refractivity contribution is 6.52. The third kappa shape index (κ3) is 21.3. The number of ether oxygens (including phenoxy) is 8. The minimum Gasteiger partial charge on any atom is -0.493 e. The summed E-state index contributed by atoms with van der Waals surface area (Å²) in [5.41, 5.74) is 12.4. The third-order valence-corrected chi connectivity index (χ3v) is 24.9. The van der Waals surface area contributed by atoms with E-state index < -0.39 is 94.1 Å². The van der Waals surface area contributed by atoms with Crippen molar-refractivity contribution in [3.63, 3.8) is 0 Å². The molecule has 0 saturated heterocycles. The Hall–Kier alpha value is -15.7. The Balaban J connectivity index is 0.622. The molecule has 17 rings (SSSR count). The SMILES string of the molecule is O=C1C=C(OCCCCCCOC(=O)c2ccc(/C3=c4\cc/c([nH]4)=C(\c4ccc(C(=O)OCCCCCCOC5=CC(=O)C(=O)c6ccccc65)cc4)C4=NC(C=C4)C(c4ccc(C(=O)OCCCCCCOC5=CC(=O)C(=O)c6ccccc65)cc4)c4ccc([nH]4)C(c4ccc(C(=O)OCCCCCCOC5=CC(=O)C(=O)c6ccccc65)cc4)C4C=CC3=N4)cc2)c2ccccc2C1=O. The molecule has 0 amide bonds. The topological polar surface area (TPSA) is 335 Å². The smallest absolute Gasteiger partial charge is 0.338 e. The molecule has 4 atom stereocenters. The Kier molecular flexibility index (Phi) is 29.3. The van der Waals surface area contributed by atoms with Gasteiger partial charge < -0.3 is 47.9 Å². The molecule has 8 bridgehead atoms. The van der Waals surface area contributed by atoms with Crippen LogP contribution in [0.4, 0.5) is 0 Å². The number of H-pyrrole nitrogens is 2. The summed E-state index contributed by atoms with van der Waals surface area (Å²) >= 11 is 0. The molecule has 0 radical (unpaired) electrons. The normalized spacial score (nSPS) is 17.6. The standard InChI is InChI=1S/C112H98N4O20/c117-93-65-97(77-25-9-13-29-81(77)105(93)121)129-57-17-1-5-21-61-133-109(125)73-41-33-69(34-42-73)101-85-49-51-87(113-85)102(70-35-43-74(44-36-70)110(126)134-62-22-6-2-18-58-130-98-66-94(118)106(122)82-30-14-10-26-78(82)98)89-53-55-91(115-89)104(72-39-47-76(48-40-72)112(128)136-64-24-8-4-20-60-132-100-68-96(120)108(124)84-32-16-12-28-80(84)100)92-56-54-90(116-92)103(88-52-50-86(101)114-88)71-37-45-75(46-38-71)111(127)135-63-23-7-3-19-59-131-99-67-95(119)107(123)83-31-15-11-27-79(83)99/h9-16,25-56,65-68,85,90,101,103,114-115H,1-8,17-24,57-64H2/b102-89-,104-91-. The molecule has 7 aliphatic rings. The van der Waals surface area contributed by atoms with E-state index >= 15 is 0 Å². The van der Waals surface area contributed by atoms with Crippen LogP contribution in [0.25, 0.3) is 34.2 Å². The van der Waals surface area contributed by atoms with Gasteiger partial charge in [-0.05, 0) is 210 Å². The van der Waals surface area contributed by atoms with E-state index in [9.17, 15) is 57.5 Å². The molecule has 4 aliphatic carbocycles. The van der Waals surface area contributed by atoms with Crippen molar-refractivity contribution in [2.24, 2.45) is 9.98 Å². The molecule has 8 aromatic carbocycles. The van der Waals surface area contributed by atoms with E-state index in [-0.39, 0.29) is 26.4 Å². The van der Waals surface area contributed by atoms with Gasteiger partial charge >= 0.3 is 23.9 Å². The lowest BCUT2D eigenvalue weighted by Crippen LogP contribution is -2.22. The summed E-state index contributed by atoms with van der Waals surface area (Å²) in [6.07, 6.45) is 24.2. The van der Waals surface area contributed by atoms with E-state index in [0.29, 0.717) is 201 Å². The molecule has 3 aliphatic heterocycles. The van der Waals surface area contributed by atoms with Crippen LogP contribution in [0.15, 0.2) is 277 Å². The number of rotatable bonds is 40. The molecule has 24 nitrogen and oxygen atoms in total. The highest BCUT2D eigenvalue weighted by atomic mass is 16.5. The fourth-order valence-corrected chi connectivity index (χ4v) is 17.8. The van der Waals surface area contributed by atoms with Crippen LogP contribution >= 0.6 is 0 Å². The Morgan fingerprint density at radius 3 is 0.787 bits per heavy atom. The molecule has 4 unspecified atom stereocenters. The molecule has 10 aromatic rings. The molecule has 2 aromatic heterocycles. The first-order valence-electron chi connectivity index (χ1n) is 46.3. The minimum atomic E-state index is -0.618. The van der Waals surface area contributed by atoms with Crippen molar-refractivity contribution in [3.8, 4) is 0 Å². The van der Waals surface area contributed by atoms with Crippen molar-refractivity contribution in [1.82, 2.24) is 9.97 Å². The lowest BCUT2D eigenvalue weighted by Gasteiger charge is -2.23. The third-order valence-electron chi connectivity index (χ3n) is 24.9. The lowest BCUT2D eigenvalue weighted by molar-refractivity contribution is -0.111. The van der Waals surface area contributed by atoms with Crippen molar-refractivity contribution < 1.29 is 95.4 Å². The van der Waals surface area contributed by atoms with Crippen molar-refractivity contribution in [1.29, 1.82) is 0 Å². The number of fused-ring (bicyclic) bond motifs is 10. The van der Waals surface area contributed by atoms with Gasteiger partial charge in [-0.25, -0.2) is 19.2 Å². The number of carbonyl (C=O) groups is 12. The predicted octanol–water partition coefficient (Wildman–Crippen LogP) is 17.6. The average Bonchev–Trinajstić information content (AvgIpc) is 1.62. The maximum absolute atomic E-state index is 13.9. The summed E-state index contributed by atoms with van der Waals surface area (Å²) in [6.45, 7) is 2.06. The van der Waals surface area contributed by atoms with Gasteiger partial charge in [-0.3, -0.25) is 48.3 Å². The summed E-state index contributed by atoms with van der Waals surface area (Å²) in [5.74, 6) is -6.15. The van der Waals surface area contributed by atoms with Crippen LogP contribution in [0.3, 0.4) is 0 Å². The van der Waals surface area contributed by atoms with E-state index in [1.165, 1.54) is 24.3 Å². The molecule has 0 fully saturated rings. The van der Waals surface area contributed by atoms with Gasteiger partial charge in [0.05, 0.1) is 110 Å². The highest BCUT2D eigenvalue weighted by Crippen LogP contribution is 2.41. The zero-order chi connectivity index (χ0) is 94.0. The maximum atomic E-state index is 13.9. The van der Waals surface area contributed by atoms with E-state index in [2.05, 4.69) is 22.1 Å². The highest BCUT2D eigenvalue weighted by Gasteiger charge is 2.36. The number of nitrogens with zero attached hydrogens (tertiary/aromatic N) is 2. The van der Waals surface area contributed by atoms with Gasteiger partial charge in [0, 0.05) is 102 Å². The monoisotopic (exact) mass is 1820 g/mol. The number of allylic oxidation sites excluding steroid dienone is 6. The van der Waals surface area contributed by atoms with Crippen LogP contribution in [0.1, 0.15) is 253 Å². The van der Waals surface area contributed by atoms with Gasteiger partial charge in [0.1, 0.15) is 23.0 Å².